The van der Waals surface area contributed by atoms with Gasteiger partial charge in [-0.2, -0.15) is 0 Å². The summed E-state index contributed by atoms with van der Waals surface area (Å²) in [4.78, 5) is 12.5. The molecule has 110 valence electrons. The SMILES string of the molecule is Cc1cc(NC(=O)C2NCCCC2(C)C)cc(C)c1Br. The number of aryl methyl sites for hydroxylation is 2. The molecular weight excluding hydrogens is 316 g/mol. The molecule has 0 spiro atoms. The van der Waals surface area contributed by atoms with Gasteiger partial charge in [0.1, 0.15) is 0 Å². The van der Waals surface area contributed by atoms with Crippen LogP contribution in [0.2, 0.25) is 0 Å². The predicted molar refractivity (Wildman–Crippen MR) is 87.1 cm³/mol. The van der Waals surface area contributed by atoms with E-state index in [4.69, 9.17) is 0 Å². The lowest BCUT2D eigenvalue weighted by atomic mass is 9.77. The summed E-state index contributed by atoms with van der Waals surface area (Å²) in [5.41, 5.74) is 3.14. The van der Waals surface area contributed by atoms with Crippen LogP contribution in [0.5, 0.6) is 0 Å². The first-order valence-electron chi connectivity index (χ1n) is 7.12. The van der Waals surface area contributed by atoms with Gasteiger partial charge in [0.2, 0.25) is 5.91 Å². The van der Waals surface area contributed by atoms with Gasteiger partial charge in [-0.1, -0.05) is 29.8 Å². The molecule has 1 aliphatic heterocycles. The number of carbonyl (C=O) groups excluding carboxylic acids is 1. The molecule has 1 heterocycles. The standard InChI is InChI=1S/C16H23BrN2O/c1-10-8-12(9-11(2)13(10)17)19-15(20)14-16(3,4)6-5-7-18-14/h8-9,14,18H,5-7H2,1-4H3,(H,19,20). The van der Waals surface area contributed by atoms with E-state index in [1.807, 2.05) is 26.0 Å². The summed E-state index contributed by atoms with van der Waals surface area (Å²) in [6.07, 6.45) is 2.21. The van der Waals surface area contributed by atoms with Gasteiger partial charge in [-0.25, -0.2) is 0 Å². The van der Waals surface area contributed by atoms with E-state index in [0.29, 0.717) is 0 Å². The second-order valence-electron chi connectivity index (χ2n) is 6.39. The number of rotatable bonds is 2. The third-order valence-electron chi connectivity index (χ3n) is 4.09. The fourth-order valence-corrected chi connectivity index (χ4v) is 3.12. The molecule has 1 amide bonds. The summed E-state index contributed by atoms with van der Waals surface area (Å²) >= 11 is 3.55. The number of benzene rings is 1. The molecule has 4 heteroatoms. The first-order chi connectivity index (χ1) is 9.31. The van der Waals surface area contributed by atoms with Gasteiger partial charge in [0.05, 0.1) is 6.04 Å². The summed E-state index contributed by atoms with van der Waals surface area (Å²) in [6, 6.07) is 3.89. The number of hydrogen-bond donors (Lipinski definition) is 2. The van der Waals surface area contributed by atoms with Gasteiger partial charge in [0.25, 0.3) is 0 Å². The first-order valence-corrected chi connectivity index (χ1v) is 7.91. The topological polar surface area (TPSA) is 41.1 Å². The van der Waals surface area contributed by atoms with Crippen molar-refractivity contribution in [2.75, 3.05) is 11.9 Å². The Labute approximate surface area is 129 Å². The first kappa shape index (κ1) is 15.5. The fourth-order valence-electron chi connectivity index (χ4n) is 2.89. The fraction of sp³-hybridized carbons (Fsp3) is 0.562. The quantitative estimate of drug-likeness (QED) is 0.861. The van der Waals surface area contributed by atoms with Crippen LogP contribution in [0.1, 0.15) is 37.8 Å². The number of hydrogen-bond acceptors (Lipinski definition) is 2. The Morgan fingerprint density at radius 3 is 2.50 bits per heavy atom. The number of nitrogens with one attached hydrogen (secondary N) is 2. The average molecular weight is 339 g/mol. The molecule has 1 fully saturated rings. The summed E-state index contributed by atoms with van der Waals surface area (Å²) in [6.45, 7) is 9.30. The van der Waals surface area contributed by atoms with E-state index in [2.05, 4.69) is 40.4 Å². The van der Waals surface area contributed by atoms with Crippen LogP contribution >= 0.6 is 15.9 Å². The zero-order chi connectivity index (χ0) is 14.9. The molecule has 2 rings (SSSR count). The number of amides is 1. The maximum atomic E-state index is 12.5. The molecule has 2 N–H and O–H groups in total. The molecule has 1 aliphatic rings. The van der Waals surface area contributed by atoms with Crippen LogP contribution in [0.4, 0.5) is 5.69 Å². The van der Waals surface area contributed by atoms with Crippen molar-refractivity contribution in [2.45, 2.75) is 46.6 Å². The molecule has 1 atom stereocenters. The Hall–Kier alpha value is -0.870. The number of carbonyl (C=O) groups is 1. The molecule has 0 aliphatic carbocycles. The Morgan fingerprint density at radius 1 is 1.35 bits per heavy atom. The summed E-state index contributed by atoms with van der Waals surface area (Å²) < 4.78 is 1.10. The van der Waals surface area contributed by atoms with Crippen molar-refractivity contribution in [3.8, 4) is 0 Å². The largest absolute Gasteiger partial charge is 0.325 e. The summed E-state index contributed by atoms with van der Waals surface area (Å²) in [5, 5.41) is 6.40. The lowest BCUT2D eigenvalue weighted by Gasteiger charge is -2.38. The van der Waals surface area contributed by atoms with E-state index >= 15 is 0 Å². The molecule has 0 radical (unpaired) electrons. The van der Waals surface area contributed by atoms with Crippen LogP contribution in [-0.4, -0.2) is 18.5 Å². The van der Waals surface area contributed by atoms with Crippen molar-refractivity contribution in [1.82, 2.24) is 5.32 Å². The summed E-state index contributed by atoms with van der Waals surface area (Å²) in [5.74, 6) is 0.0656. The highest BCUT2D eigenvalue weighted by atomic mass is 79.9. The Kier molecular flexibility index (Phi) is 4.55. The van der Waals surface area contributed by atoms with Crippen molar-refractivity contribution in [1.29, 1.82) is 0 Å². The van der Waals surface area contributed by atoms with E-state index in [1.54, 1.807) is 0 Å². The summed E-state index contributed by atoms with van der Waals surface area (Å²) in [7, 11) is 0. The Balaban J connectivity index is 2.15. The molecule has 1 aromatic carbocycles. The second kappa shape index (κ2) is 5.86. The number of anilines is 1. The average Bonchev–Trinajstić information content (AvgIpc) is 2.35. The minimum Gasteiger partial charge on any atom is -0.325 e. The van der Waals surface area contributed by atoms with Crippen LogP contribution in [0.3, 0.4) is 0 Å². The molecule has 1 unspecified atom stereocenters. The van der Waals surface area contributed by atoms with Crippen LogP contribution in [0.25, 0.3) is 0 Å². The van der Waals surface area contributed by atoms with Crippen molar-refractivity contribution >= 4 is 27.5 Å². The highest BCUT2D eigenvalue weighted by Crippen LogP contribution is 2.31. The van der Waals surface area contributed by atoms with Crippen molar-refractivity contribution in [3.05, 3.63) is 27.7 Å². The van der Waals surface area contributed by atoms with Gasteiger partial charge in [-0.15, -0.1) is 0 Å². The van der Waals surface area contributed by atoms with E-state index in [-0.39, 0.29) is 17.4 Å². The highest BCUT2D eigenvalue weighted by molar-refractivity contribution is 9.10. The van der Waals surface area contributed by atoms with Crippen LogP contribution in [-0.2, 0) is 4.79 Å². The Morgan fingerprint density at radius 2 is 1.95 bits per heavy atom. The third-order valence-corrected chi connectivity index (χ3v) is 5.34. The Bertz CT molecular complexity index is 502. The molecule has 20 heavy (non-hydrogen) atoms. The van der Waals surface area contributed by atoms with E-state index < -0.39 is 0 Å². The highest BCUT2D eigenvalue weighted by Gasteiger charge is 2.37. The zero-order valence-corrected chi connectivity index (χ0v) is 14.2. The predicted octanol–water partition coefficient (Wildman–Crippen LogP) is 3.78. The van der Waals surface area contributed by atoms with E-state index in [1.165, 1.54) is 0 Å². The maximum Gasteiger partial charge on any atom is 0.242 e. The molecule has 0 bridgehead atoms. The lowest BCUT2D eigenvalue weighted by Crippen LogP contribution is -2.53. The van der Waals surface area contributed by atoms with Crippen molar-refractivity contribution in [3.63, 3.8) is 0 Å². The minimum atomic E-state index is -0.125. The minimum absolute atomic E-state index is 0.00177. The van der Waals surface area contributed by atoms with Gasteiger partial charge in [-0.3, -0.25) is 4.79 Å². The van der Waals surface area contributed by atoms with Gasteiger partial charge in [0.15, 0.2) is 0 Å². The van der Waals surface area contributed by atoms with Gasteiger partial charge in [0, 0.05) is 10.2 Å². The van der Waals surface area contributed by atoms with Crippen molar-refractivity contribution in [2.24, 2.45) is 5.41 Å². The van der Waals surface area contributed by atoms with Gasteiger partial charge >= 0.3 is 0 Å². The molecule has 1 aromatic rings. The van der Waals surface area contributed by atoms with Crippen LogP contribution < -0.4 is 10.6 Å². The van der Waals surface area contributed by atoms with E-state index in [0.717, 1.165) is 40.7 Å². The molecule has 0 saturated carbocycles. The van der Waals surface area contributed by atoms with Crippen LogP contribution in [0, 0.1) is 19.3 Å². The van der Waals surface area contributed by atoms with Crippen molar-refractivity contribution < 1.29 is 4.79 Å². The lowest BCUT2D eigenvalue weighted by molar-refractivity contribution is -0.121. The third kappa shape index (κ3) is 3.23. The molecule has 1 saturated heterocycles. The maximum absolute atomic E-state index is 12.5. The zero-order valence-electron chi connectivity index (χ0n) is 12.6. The monoisotopic (exact) mass is 338 g/mol. The molecule has 0 aromatic heterocycles. The van der Waals surface area contributed by atoms with E-state index in [9.17, 15) is 4.79 Å². The number of piperidine rings is 1. The smallest absolute Gasteiger partial charge is 0.242 e. The van der Waals surface area contributed by atoms with Crippen LogP contribution in [0.15, 0.2) is 16.6 Å². The second-order valence-corrected chi connectivity index (χ2v) is 7.19. The van der Waals surface area contributed by atoms with Gasteiger partial charge < -0.3 is 10.6 Å². The number of halogens is 1. The molecule has 3 nitrogen and oxygen atoms in total. The molecular formula is C16H23BrN2O. The normalized spacial score (nSPS) is 21.6. The van der Waals surface area contributed by atoms with Gasteiger partial charge in [-0.05, 0) is 61.9 Å².